The fourth-order valence-electron chi connectivity index (χ4n) is 3.08. The van der Waals surface area contributed by atoms with Gasteiger partial charge < -0.3 is 21.1 Å². The molecule has 0 aromatic heterocycles. The van der Waals surface area contributed by atoms with Gasteiger partial charge in [0.1, 0.15) is 6.54 Å². The molecule has 2 aliphatic rings. The maximum Gasteiger partial charge on any atom is 0.242 e. The molecule has 1 heterocycles. The van der Waals surface area contributed by atoms with Gasteiger partial charge in [0.05, 0.1) is 13.2 Å². The van der Waals surface area contributed by atoms with Crippen molar-refractivity contribution < 1.29 is 9.53 Å². The van der Waals surface area contributed by atoms with Gasteiger partial charge in [-0.15, -0.1) is 24.0 Å². The quantitative estimate of drug-likeness (QED) is 0.228. The van der Waals surface area contributed by atoms with Gasteiger partial charge in [-0.3, -0.25) is 9.69 Å². The van der Waals surface area contributed by atoms with Crippen molar-refractivity contribution in [1.29, 1.82) is 0 Å². The number of carbonyl (C=O) groups excluding carboxylic acids is 1. The van der Waals surface area contributed by atoms with Crippen LogP contribution in [0.1, 0.15) is 38.5 Å². The van der Waals surface area contributed by atoms with E-state index < -0.39 is 0 Å². The van der Waals surface area contributed by atoms with Gasteiger partial charge in [0.15, 0.2) is 5.96 Å². The maximum atomic E-state index is 11.8. The minimum absolute atomic E-state index is 0. The van der Waals surface area contributed by atoms with Gasteiger partial charge in [-0.1, -0.05) is 19.3 Å². The zero-order valence-corrected chi connectivity index (χ0v) is 16.8. The Bertz CT molecular complexity index is 383. The summed E-state index contributed by atoms with van der Waals surface area (Å²) in [5, 5.41) is 6.11. The third-order valence-electron chi connectivity index (χ3n) is 4.42. The van der Waals surface area contributed by atoms with E-state index in [0.29, 0.717) is 12.0 Å². The van der Waals surface area contributed by atoms with Gasteiger partial charge in [0.2, 0.25) is 5.91 Å². The second kappa shape index (κ2) is 12.7. The van der Waals surface area contributed by atoms with E-state index in [2.05, 4.69) is 20.5 Å². The van der Waals surface area contributed by atoms with Crippen molar-refractivity contribution in [2.75, 3.05) is 45.9 Å². The summed E-state index contributed by atoms with van der Waals surface area (Å²) in [6.07, 6.45) is 6.88. The summed E-state index contributed by atoms with van der Waals surface area (Å²) >= 11 is 0. The number of aliphatic imine (C=N–C) groups is 1. The van der Waals surface area contributed by atoms with Crippen molar-refractivity contribution in [3.05, 3.63) is 0 Å². The Labute approximate surface area is 162 Å². The second-order valence-electron chi connectivity index (χ2n) is 6.34. The Morgan fingerprint density at radius 2 is 1.92 bits per heavy atom. The number of carbonyl (C=O) groups is 1. The number of hydrogen-bond donors (Lipinski definition) is 3. The molecule has 1 amide bonds. The molecule has 7 nitrogen and oxygen atoms in total. The van der Waals surface area contributed by atoms with E-state index in [9.17, 15) is 4.79 Å². The number of ether oxygens (including phenoxy) is 1. The van der Waals surface area contributed by atoms with E-state index in [4.69, 9.17) is 10.5 Å². The van der Waals surface area contributed by atoms with E-state index in [1.165, 1.54) is 19.3 Å². The molecule has 0 bridgehead atoms. The lowest BCUT2D eigenvalue weighted by atomic mass is 9.95. The first-order valence-corrected chi connectivity index (χ1v) is 8.87. The third-order valence-corrected chi connectivity index (χ3v) is 4.42. The molecule has 1 saturated carbocycles. The summed E-state index contributed by atoms with van der Waals surface area (Å²) in [5.74, 6) is 0.320. The lowest BCUT2D eigenvalue weighted by Gasteiger charge is -2.26. The number of amides is 1. The molecular weight excluding hydrogens is 421 g/mol. The summed E-state index contributed by atoms with van der Waals surface area (Å²) in [5.41, 5.74) is 5.80. The van der Waals surface area contributed by atoms with Crippen LogP contribution in [0.2, 0.25) is 0 Å². The maximum absolute atomic E-state index is 11.8. The molecule has 2 rings (SSSR count). The van der Waals surface area contributed by atoms with Crippen LogP contribution in [0.15, 0.2) is 4.99 Å². The monoisotopic (exact) mass is 453 g/mol. The molecule has 0 aromatic carbocycles. The molecule has 0 atom stereocenters. The van der Waals surface area contributed by atoms with Crippen LogP contribution in [-0.4, -0.2) is 68.7 Å². The minimum atomic E-state index is -0.0324. The van der Waals surface area contributed by atoms with Gasteiger partial charge >= 0.3 is 0 Å². The molecule has 1 aliphatic carbocycles. The molecule has 0 aromatic rings. The first-order valence-electron chi connectivity index (χ1n) is 8.87. The number of nitrogens with two attached hydrogens (primary N) is 1. The smallest absolute Gasteiger partial charge is 0.242 e. The van der Waals surface area contributed by atoms with Crippen LogP contribution in [0.5, 0.6) is 0 Å². The van der Waals surface area contributed by atoms with Gasteiger partial charge in [0, 0.05) is 25.7 Å². The number of halogens is 1. The number of nitrogens with zero attached hydrogens (tertiary/aromatic N) is 2. The normalized spacial score (nSPS) is 20.2. The van der Waals surface area contributed by atoms with E-state index in [-0.39, 0.29) is 36.4 Å². The zero-order chi connectivity index (χ0) is 16.3. The van der Waals surface area contributed by atoms with Gasteiger partial charge in [-0.25, -0.2) is 4.99 Å². The Morgan fingerprint density at radius 1 is 1.21 bits per heavy atom. The first kappa shape index (κ1) is 21.4. The molecule has 2 fully saturated rings. The predicted molar refractivity (Wildman–Crippen MR) is 107 cm³/mol. The predicted octanol–water partition coefficient (Wildman–Crippen LogP) is 0.680. The summed E-state index contributed by atoms with van der Waals surface area (Å²) in [7, 11) is 0. The Morgan fingerprint density at radius 3 is 2.62 bits per heavy atom. The number of hydrogen-bond acceptors (Lipinski definition) is 4. The average Bonchev–Trinajstić information content (AvgIpc) is 2.59. The summed E-state index contributed by atoms with van der Waals surface area (Å²) in [4.78, 5) is 18.3. The Balaban J connectivity index is 0.00000288. The van der Waals surface area contributed by atoms with E-state index in [1.807, 2.05) is 0 Å². The number of guanidine groups is 1. The van der Waals surface area contributed by atoms with E-state index in [1.54, 1.807) is 0 Å². The topological polar surface area (TPSA) is 92.0 Å². The fourth-order valence-corrected chi connectivity index (χ4v) is 3.08. The van der Waals surface area contributed by atoms with Crippen molar-refractivity contribution in [2.45, 2.75) is 44.6 Å². The Hall–Kier alpha value is -0.610. The van der Waals surface area contributed by atoms with Crippen LogP contribution >= 0.6 is 24.0 Å². The summed E-state index contributed by atoms with van der Waals surface area (Å²) in [6.45, 7) is 5.58. The number of rotatable bonds is 7. The van der Waals surface area contributed by atoms with Crippen molar-refractivity contribution in [2.24, 2.45) is 10.7 Å². The highest BCUT2D eigenvalue weighted by atomic mass is 127. The highest BCUT2D eigenvalue weighted by Gasteiger charge is 2.15. The van der Waals surface area contributed by atoms with Gasteiger partial charge in [-0.05, 0) is 25.8 Å². The molecule has 140 valence electrons. The molecule has 0 spiro atoms. The minimum Gasteiger partial charge on any atom is -0.379 e. The van der Waals surface area contributed by atoms with Crippen LogP contribution in [0.3, 0.4) is 0 Å². The van der Waals surface area contributed by atoms with Crippen LogP contribution in [-0.2, 0) is 9.53 Å². The van der Waals surface area contributed by atoms with Gasteiger partial charge in [-0.2, -0.15) is 0 Å². The van der Waals surface area contributed by atoms with E-state index >= 15 is 0 Å². The van der Waals surface area contributed by atoms with Crippen molar-refractivity contribution >= 4 is 35.8 Å². The largest absolute Gasteiger partial charge is 0.379 e. The van der Waals surface area contributed by atoms with Crippen LogP contribution in [0.25, 0.3) is 0 Å². The van der Waals surface area contributed by atoms with Gasteiger partial charge in [0.25, 0.3) is 0 Å². The molecule has 4 N–H and O–H groups in total. The lowest BCUT2D eigenvalue weighted by Crippen LogP contribution is -2.40. The van der Waals surface area contributed by atoms with Crippen LogP contribution in [0.4, 0.5) is 0 Å². The lowest BCUT2D eigenvalue weighted by molar-refractivity contribution is -0.120. The molecule has 1 saturated heterocycles. The van der Waals surface area contributed by atoms with Crippen molar-refractivity contribution in [1.82, 2.24) is 15.5 Å². The third kappa shape index (κ3) is 9.03. The number of nitrogens with one attached hydrogen (secondary N) is 2. The van der Waals surface area contributed by atoms with E-state index in [0.717, 1.165) is 58.7 Å². The number of morpholine rings is 1. The molecule has 24 heavy (non-hydrogen) atoms. The SMILES string of the molecule is I.NC(=NCC(=O)NC1CCCCC1)NCCCN1CCOCC1. The molecule has 1 aliphatic heterocycles. The molecular formula is C16H32IN5O2. The highest BCUT2D eigenvalue weighted by molar-refractivity contribution is 14.0. The summed E-state index contributed by atoms with van der Waals surface area (Å²) < 4.78 is 5.32. The second-order valence-corrected chi connectivity index (χ2v) is 6.34. The van der Waals surface area contributed by atoms with Crippen molar-refractivity contribution in [3.8, 4) is 0 Å². The first-order chi connectivity index (χ1) is 11.2. The average molecular weight is 453 g/mol. The molecule has 0 unspecified atom stereocenters. The highest BCUT2D eigenvalue weighted by Crippen LogP contribution is 2.17. The van der Waals surface area contributed by atoms with Crippen LogP contribution in [0, 0.1) is 0 Å². The van der Waals surface area contributed by atoms with Crippen LogP contribution < -0.4 is 16.4 Å². The molecule has 8 heteroatoms. The fraction of sp³-hybridized carbons (Fsp3) is 0.875. The standard InChI is InChI=1S/C16H31N5O2.HI/c17-16(18-7-4-8-21-9-11-23-12-10-21)19-13-15(22)20-14-5-2-1-3-6-14;/h14H,1-13H2,(H,20,22)(H3,17,18,19);1H. The van der Waals surface area contributed by atoms with Crippen molar-refractivity contribution in [3.63, 3.8) is 0 Å². The molecule has 0 radical (unpaired) electrons. The zero-order valence-electron chi connectivity index (χ0n) is 14.5. The Kier molecular flexibility index (Phi) is 11.4. The summed E-state index contributed by atoms with van der Waals surface area (Å²) in [6, 6.07) is 0.328.